The number of hydrogen-bond donors (Lipinski definition) is 0. The minimum atomic E-state index is -0.548. The lowest BCUT2D eigenvalue weighted by Crippen LogP contribution is -2.12. The van der Waals surface area contributed by atoms with E-state index < -0.39 is 4.92 Å². The first-order chi connectivity index (χ1) is 7.16. The molecule has 1 aromatic rings. The van der Waals surface area contributed by atoms with Crippen molar-refractivity contribution < 1.29 is 9.66 Å². The van der Waals surface area contributed by atoms with E-state index in [-0.39, 0.29) is 5.82 Å². The topological polar surface area (TPSA) is 70.2 Å². The SMILES string of the molecule is O=[N+]([O-])c1cc(Cl)n(CC2CCOC2)n1. The van der Waals surface area contributed by atoms with Crippen LogP contribution in [-0.2, 0) is 11.3 Å². The number of nitrogens with zero attached hydrogens (tertiary/aromatic N) is 3. The molecule has 1 aliphatic heterocycles. The van der Waals surface area contributed by atoms with E-state index in [1.165, 1.54) is 10.7 Å². The Bertz CT molecular complexity index is 373. The summed E-state index contributed by atoms with van der Waals surface area (Å²) < 4.78 is 6.66. The van der Waals surface area contributed by atoms with Crippen molar-refractivity contribution in [3.8, 4) is 0 Å². The zero-order valence-electron chi connectivity index (χ0n) is 7.93. The molecule has 0 spiro atoms. The highest BCUT2D eigenvalue weighted by Crippen LogP contribution is 2.21. The molecule has 15 heavy (non-hydrogen) atoms. The maximum absolute atomic E-state index is 10.5. The van der Waals surface area contributed by atoms with Crippen molar-refractivity contribution in [1.82, 2.24) is 9.78 Å². The van der Waals surface area contributed by atoms with E-state index in [0.717, 1.165) is 13.0 Å². The van der Waals surface area contributed by atoms with Crippen LogP contribution in [0.15, 0.2) is 6.07 Å². The first-order valence-corrected chi connectivity index (χ1v) is 5.00. The lowest BCUT2D eigenvalue weighted by Gasteiger charge is -2.04. The van der Waals surface area contributed by atoms with Gasteiger partial charge >= 0.3 is 5.82 Å². The summed E-state index contributed by atoms with van der Waals surface area (Å²) in [7, 11) is 0. The fraction of sp³-hybridized carbons (Fsp3) is 0.625. The number of rotatable bonds is 3. The molecule has 0 radical (unpaired) electrons. The molecular weight excluding hydrogens is 222 g/mol. The molecule has 2 heterocycles. The van der Waals surface area contributed by atoms with E-state index in [2.05, 4.69) is 5.10 Å². The van der Waals surface area contributed by atoms with Crippen LogP contribution >= 0.6 is 11.6 Å². The fourth-order valence-corrected chi connectivity index (χ4v) is 1.77. The lowest BCUT2D eigenvalue weighted by atomic mass is 10.1. The number of halogens is 1. The van der Waals surface area contributed by atoms with Crippen LogP contribution in [0.2, 0.25) is 5.15 Å². The highest BCUT2D eigenvalue weighted by Gasteiger charge is 2.22. The van der Waals surface area contributed by atoms with Crippen molar-refractivity contribution in [1.29, 1.82) is 0 Å². The van der Waals surface area contributed by atoms with Crippen molar-refractivity contribution in [2.24, 2.45) is 5.92 Å². The summed E-state index contributed by atoms with van der Waals surface area (Å²) >= 11 is 5.82. The molecule has 6 nitrogen and oxygen atoms in total. The fourth-order valence-electron chi connectivity index (χ4n) is 1.57. The minimum absolute atomic E-state index is 0.209. The van der Waals surface area contributed by atoms with E-state index >= 15 is 0 Å². The highest BCUT2D eigenvalue weighted by molar-refractivity contribution is 6.29. The molecule has 0 saturated carbocycles. The number of ether oxygens (including phenoxy) is 1. The van der Waals surface area contributed by atoms with Crippen molar-refractivity contribution in [2.45, 2.75) is 13.0 Å². The Hall–Kier alpha value is -1.14. The average molecular weight is 232 g/mol. The molecule has 82 valence electrons. The predicted octanol–water partition coefficient (Wildman–Crippen LogP) is 1.48. The van der Waals surface area contributed by atoms with Gasteiger partial charge in [-0.05, 0) is 11.3 Å². The molecule has 1 saturated heterocycles. The van der Waals surface area contributed by atoms with Gasteiger partial charge in [-0.3, -0.25) is 0 Å². The normalized spacial score (nSPS) is 20.7. The quantitative estimate of drug-likeness (QED) is 0.584. The van der Waals surface area contributed by atoms with Gasteiger partial charge < -0.3 is 14.9 Å². The third kappa shape index (κ3) is 2.27. The van der Waals surface area contributed by atoms with Crippen molar-refractivity contribution in [3.63, 3.8) is 0 Å². The van der Waals surface area contributed by atoms with Crippen LogP contribution in [0, 0.1) is 16.0 Å². The average Bonchev–Trinajstić information content (AvgIpc) is 2.77. The molecule has 7 heteroatoms. The number of hydrogen-bond acceptors (Lipinski definition) is 4. The molecule has 1 atom stereocenters. The molecular formula is C8H10ClN3O3. The third-order valence-electron chi connectivity index (χ3n) is 2.36. The van der Waals surface area contributed by atoms with E-state index in [9.17, 15) is 10.1 Å². The first kappa shape index (κ1) is 10.4. The summed E-state index contributed by atoms with van der Waals surface area (Å²) in [5.41, 5.74) is 0. The Labute approximate surface area is 90.9 Å². The van der Waals surface area contributed by atoms with Crippen LogP contribution in [0.25, 0.3) is 0 Å². The molecule has 2 rings (SSSR count). The van der Waals surface area contributed by atoms with Crippen molar-refractivity contribution in [3.05, 3.63) is 21.3 Å². The first-order valence-electron chi connectivity index (χ1n) is 4.62. The van der Waals surface area contributed by atoms with E-state index in [1.54, 1.807) is 0 Å². The van der Waals surface area contributed by atoms with Gasteiger partial charge in [-0.15, -0.1) is 0 Å². The standard InChI is InChI=1S/C8H10ClN3O3/c9-7-3-8(12(13)14)10-11(7)4-6-1-2-15-5-6/h3,6H,1-2,4-5H2. The monoisotopic (exact) mass is 231 g/mol. The van der Waals surface area contributed by atoms with Crippen LogP contribution < -0.4 is 0 Å². The minimum Gasteiger partial charge on any atom is -0.381 e. The second kappa shape index (κ2) is 4.16. The maximum atomic E-state index is 10.5. The van der Waals surface area contributed by atoms with E-state index in [1.807, 2.05) is 0 Å². The smallest absolute Gasteiger partial charge is 0.381 e. The summed E-state index contributed by atoms with van der Waals surface area (Å²) in [5, 5.41) is 14.6. The van der Waals surface area contributed by atoms with E-state index in [4.69, 9.17) is 16.3 Å². The zero-order valence-corrected chi connectivity index (χ0v) is 8.68. The van der Waals surface area contributed by atoms with Gasteiger partial charge in [0, 0.05) is 12.5 Å². The van der Waals surface area contributed by atoms with Gasteiger partial charge in [0.1, 0.15) is 0 Å². The summed E-state index contributed by atoms with van der Waals surface area (Å²) in [5.74, 6) is 0.140. The maximum Gasteiger partial charge on any atom is 0.391 e. The third-order valence-corrected chi connectivity index (χ3v) is 2.66. The zero-order chi connectivity index (χ0) is 10.8. The molecule has 0 aromatic carbocycles. The molecule has 0 amide bonds. The molecule has 0 aliphatic carbocycles. The Morgan fingerprint density at radius 3 is 3.13 bits per heavy atom. The van der Waals surface area contributed by atoms with E-state index in [0.29, 0.717) is 24.2 Å². The Kier molecular flexibility index (Phi) is 2.88. The number of nitro groups is 1. The van der Waals surface area contributed by atoms with Crippen LogP contribution in [0.4, 0.5) is 5.82 Å². The van der Waals surface area contributed by atoms with Gasteiger partial charge in [-0.25, -0.2) is 0 Å². The Morgan fingerprint density at radius 2 is 2.60 bits per heavy atom. The Morgan fingerprint density at radius 1 is 1.80 bits per heavy atom. The summed E-state index contributed by atoms with van der Waals surface area (Å²) in [6, 6.07) is 1.26. The van der Waals surface area contributed by atoms with Gasteiger partial charge in [0.25, 0.3) is 0 Å². The molecule has 1 aromatic heterocycles. The van der Waals surface area contributed by atoms with Gasteiger partial charge in [0.05, 0.1) is 24.3 Å². The van der Waals surface area contributed by atoms with Crippen LogP contribution in [0.1, 0.15) is 6.42 Å². The van der Waals surface area contributed by atoms with Crippen molar-refractivity contribution >= 4 is 17.4 Å². The van der Waals surface area contributed by atoms with Crippen molar-refractivity contribution in [2.75, 3.05) is 13.2 Å². The Balaban J connectivity index is 2.10. The van der Waals surface area contributed by atoms with Gasteiger partial charge in [-0.2, -0.15) is 4.68 Å². The number of aromatic nitrogens is 2. The van der Waals surface area contributed by atoms with Gasteiger partial charge in [-0.1, -0.05) is 11.6 Å². The second-order valence-electron chi connectivity index (χ2n) is 3.49. The largest absolute Gasteiger partial charge is 0.391 e. The second-order valence-corrected chi connectivity index (χ2v) is 3.88. The molecule has 1 unspecified atom stereocenters. The predicted molar refractivity (Wildman–Crippen MR) is 52.8 cm³/mol. The summed E-state index contributed by atoms with van der Waals surface area (Å²) in [6.45, 7) is 1.99. The van der Waals surface area contributed by atoms with Crippen LogP contribution in [0.5, 0.6) is 0 Å². The van der Waals surface area contributed by atoms with Gasteiger partial charge in [0.15, 0.2) is 5.15 Å². The highest BCUT2D eigenvalue weighted by atomic mass is 35.5. The molecule has 1 aliphatic rings. The lowest BCUT2D eigenvalue weighted by molar-refractivity contribution is -0.389. The summed E-state index contributed by atoms with van der Waals surface area (Å²) in [4.78, 5) is 9.90. The van der Waals surface area contributed by atoms with Crippen LogP contribution in [-0.4, -0.2) is 27.9 Å². The summed E-state index contributed by atoms with van der Waals surface area (Å²) in [6.07, 6.45) is 0.948. The molecule has 0 N–H and O–H groups in total. The van der Waals surface area contributed by atoms with Crippen LogP contribution in [0.3, 0.4) is 0 Å². The molecule has 1 fully saturated rings. The molecule has 0 bridgehead atoms. The van der Waals surface area contributed by atoms with Gasteiger partial charge in [0.2, 0.25) is 0 Å².